The summed E-state index contributed by atoms with van der Waals surface area (Å²) in [5.74, 6) is 0. The molecule has 0 saturated carbocycles. The van der Waals surface area contributed by atoms with Crippen molar-refractivity contribution in [2.75, 3.05) is 80.0 Å². The van der Waals surface area contributed by atoms with Crippen LogP contribution in [0.15, 0.2) is 292 Å². The van der Waals surface area contributed by atoms with Gasteiger partial charge in [-0.25, -0.2) is 0 Å². The monoisotopic (exact) mass is 2490 g/mol. The van der Waals surface area contributed by atoms with E-state index in [1.165, 1.54) is 96.8 Å². The van der Waals surface area contributed by atoms with Gasteiger partial charge in [-0.3, -0.25) is 0 Å². The Kier molecular flexibility index (Phi) is 31.7. The van der Waals surface area contributed by atoms with Crippen LogP contribution in [0, 0.1) is 30.3 Å². The fraction of sp³-hybridized carbons (Fsp3) is 0.173. The molecule has 2 aliphatic carbocycles. The molecule has 10 aromatic carbocycles. The van der Waals surface area contributed by atoms with Crippen LogP contribution in [0.5, 0.6) is 0 Å². The van der Waals surface area contributed by atoms with Crippen molar-refractivity contribution in [3.05, 3.63) is 344 Å². The summed E-state index contributed by atoms with van der Waals surface area (Å²) in [7, 11) is -6.23. The van der Waals surface area contributed by atoms with Gasteiger partial charge in [-0.1, -0.05) is 199 Å². The molecule has 18 rings (SSSR count). The minimum atomic E-state index is -2.15. The minimum absolute atomic E-state index is 0. The molecule has 16 aromatic rings. The van der Waals surface area contributed by atoms with E-state index >= 15 is 0 Å². The van der Waals surface area contributed by atoms with Crippen LogP contribution in [-0.2, 0) is 119 Å². The number of benzene rings is 10. The second-order valence-electron chi connectivity index (χ2n) is 31.8. The number of thiophene rings is 1. The molecular formula is C98H94Ir5N5P5S. The summed E-state index contributed by atoms with van der Waals surface area (Å²) in [4.78, 5) is 24.1. The summed E-state index contributed by atoms with van der Waals surface area (Å²) in [6.07, 6.45) is 11.7. The summed E-state index contributed by atoms with van der Waals surface area (Å²) in [5, 5.41) is 18.4. The second kappa shape index (κ2) is 39.3. The number of hydrogen-bond donors (Lipinski definition) is 0. The van der Waals surface area contributed by atoms with Crippen LogP contribution in [0.4, 0.5) is 0 Å². The van der Waals surface area contributed by atoms with Crippen LogP contribution in [0.3, 0.4) is 0 Å². The number of pyridine rings is 5. The SMILES string of the molecule is CC1(C)c2c([c-]ccc2[P+](C)(C)C)-c2nccc3cccc1c23.C[P+](C)(C)c1c[c-]c(-c2ccccn2)s1.C[P+](C)(C)c1cc[c-]c2c1CCc1cccnc1-2.C[P+](C)(C)c1cc[c-]c2c1ccc1cccnc12.[Ir].[Ir].[Ir].[Ir].[Ir].[c-]1ccc([P+](c2ccccc2)(c2ccccc2)c2ccccc2)cc1-c1cc2ccccc2cn1. The second-order valence-corrected chi connectivity index (χ2v) is 54.6. The molecule has 5 nitrogen and oxygen atoms in total. The Hall–Kier alpha value is -5.91. The zero-order valence-electron chi connectivity index (χ0n) is 66.7. The largest absolute Gasteiger partial charge is 0.319 e. The predicted molar refractivity (Wildman–Crippen MR) is 487 cm³/mol. The Morgan fingerprint density at radius 3 is 1.56 bits per heavy atom. The molecule has 0 unspecified atom stereocenters. The Morgan fingerprint density at radius 1 is 0.377 bits per heavy atom. The smallest absolute Gasteiger partial charge is 0.125 e. The van der Waals surface area contributed by atoms with Gasteiger partial charge in [0, 0.05) is 195 Å². The average Bonchev–Trinajstić information content (AvgIpc) is 0.743. The molecule has 0 bridgehead atoms. The average molecular weight is 2490 g/mol. The maximum absolute atomic E-state index is 4.80. The van der Waals surface area contributed by atoms with E-state index in [9.17, 15) is 0 Å². The van der Waals surface area contributed by atoms with E-state index in [1.807, 2.05) is 78.7 Å². The molecule has 114 heavy (non-hydrogen) atoms. The molecule has 5 radical (unpaired) electrons. The third-order valence-corrected chi connectivity index (χ3v) is 34.5. The maximum atomic E-state index is 4.80. The van der Waals surface area contributed by atoms with E-state index in [-0.39, 0.29) is 106 Å². The van der Waals surface area contributed by atoms with Crippen molar-refractivity contribution in [1.82, 2.24) is 24.9 Å². The van der Waals surface area contributed by atoms with Crippen molar-refractivity contribution in [2.24, 2.45) is 0 Å². The topological polar surface area (TPSA) is 64.5 Å². The zero-order chi connectivity index (χ0) is 76.3. The van der Waals surface area contributed by atoms with Gasteiger partial charge >= 0.3 is 0 Å². The summed E-state index contributed by atoms with van der Waals surface area (Å²) >= 11 is 1.82. The standard InChI is InChI=1S/C33H24NP.C21H22NP.C16H18NP.C16H16NP.C12H14NPS.5Ir/c1-4-16-29(17-5-1)35(30-18-6-2-7-19-30,31-20-8-3-9-21-31)32-22-12-15-27(23-32)33-24-26-13-10-11-14-28(26)25-34-33;1-21(2)16-10-6-8-14-12-13-22-20(18(14)16)15-9-7-11-17(19(15)21)23(3,4)5;2*1-18(2,3)15-8-4-7-14-13(15)10-9-12-6-5-11-17-16(12)14;1-14(2,3)12-8-7-11(15-12)10-6-4-5-9-13-10;;;;;/h1-14,16-25H;6-8,10-13H,1-5H3;4-6,8,11H,9-10H2,1-3H3;4-6,8-11H,1-3H3;4-6,8-9H,1-3H3;;;;;. The Balaban J connectivity index is 0.000000167. The van der Waals surface area contributed by atoms with Crippen LogP contribution in [0.25, 0.3) is 87.6 Å². The van der Waals surface area contributed by atoms with Crippen LogP contribution in [0.1, 0.15) is 36.1 Å². The molecule has 2 aliphatic rings. The van der Waals surface area contributed by atoms with E-state index < -0.39 is 36.3 Å². The Labute approximate surface area is 751 Å². The van der Waals surface area contributed by atoms with Crippen LogP contribution in [0.2, 0.25) is 0 Å². The molecule has 16 heteroatoms. The molecule has 0 amide bonds. The van der Waals surface area contributed by atoms with Crippen LogP contribution in [-0.4, -0.2) is 105 Å². The van der Waals surface area contributed by atoms with Crippen molar-refractivity contribution in [3.8, 4) is 44.3 Å². The van der Waals surface area contributed by atoms with Gasteiger partial charge in [0.25, 0.3) is 0 Å². The Bertz CT molecular complexity index is 5830. The quantitative estimate of drug-likeness (QED) is 0.0776. The van der Waals surface area contributed by atoms with Gasteiger partial charge in [0.2, 0.25) is 0 Å². The molecule has 6 heterocycles. The summed E-state index contributed by atoms with van der Waals surface area (Å²) < 4.78 is 1.46. The fourth-order valence-electron chi connectivity index (χ4n) is 15.2. The van der Waals surface area contributed by atoms with Crippen molar-refractivity contribution in [2.45, 2.75) is 32.1 Å². The normalized spacial score (nSPS) is 12.3. The molecule has 0 N–H and O–H groups in total. The zero-order valence-corrected chi connectivity index (χ0v) is 83.9. The van der Waals surface area contributed by atoms with Gasteiger partial charge in [0.15, 0.2) is 0 Å². The molecule has 6 aromatic heterocycles. The molecular weight excluding hydrogens is 2400 g/mol. The van der Waals surface area contributed by atoms with Crippen molar-refractivity contribution < 1.29 is 101 Å². The number of hydrogen-bond acceptors (Lipinski definition) is 6. The predicted octanol–water partition coefficient (Wildman–Crippen LogP) is 21.2. The van der Waals surface area contributed by atoms with Crippen molar-refractivity contribution in [3.63, 3.8) is 0 Å². The number of nitrogens with zero attached hydrogens (tertiary/aromatic N) is 5. The number of aromatic nitrogens is 5. The van der Waals surface area contributed by atoms with Crippen molar-refractivity contribution in [1.29, 1.82) is 0 Å². The van der Waals surface area contributed by atoms with E-state index in [0.717, 1.165) is 62.3 Å². The summed E-state index contributed by atoms with van der Waals surface area (Å²) in [5.41, 5.74) is 14.4. The summed E-state index contributed by atoms with van der Waals surface area (Å²) in [6.45, 7) is 33.1. The first-order valence-electron chi connectivity index (χ1n) is 37.1. The van der Waals surface area contributed by atoms with Crippen LogP contribution >= 0.6 is 47.6 Å². The van der Waals surface area contributed by atoms with E-state index in [1.54, 1.807) is 5.30 Å². The first kappa shape index (κ1) is 92.0. The van der Waals surface area contributed by atoms with Crippen LogP contribution < -0.4 is 41.8 Å². The van der Waals surface area contributed by atoms with E-state index in [4.69, 9.17) is 9.97 Å². The first-order chi connectivity index (χ1) is 52.4. The molecule has 0 aliphatic heterocycles. The number of rotatable bonds is 10. The minimum Gasteiger partial charge on any atom is -0.319 e. The molecule has 0 atom stereocenters. The number of aryl methyl sites for hydroxylation is 1. The van der Waals surface area contributed by atoms with Gasteiger partial charge in [-0.05, 0) is 141 Å². The third-order valence-electron chi connectivity index (χ3n) is 20.4. The van der Waals surface area contributed by atoms with E-state index in [2.05, 4.69) is 364 Å². The van der Waals surface area contributed by atoms with E-state index in [0.29, 0.717) is 0 Å². The maximum Gasteiger partial charge on any atom is 0.125 e. The summed E-state index contributed by atoms with van der Waals surface area (Å²) in [6, 6.07) is 110. The van der Waals surface area contributed by atoms with Gasteiger partial charge in [-0.2, -0.15) is 17.4 Å². The van der Waals surface area contributed by atoms with Gasteiger partial charge < -0.3 is 24.9 Å². The third kappa shape index (κ3) is 19.8. The molecule has 0 fully saturated rings. The van der Waals surface area contributed by atoms with Gasteiger partial charge in [0.05, 0.1) is 64.6 Å². The Morgan fingerprint density at radius 2 is 0.930 bits per heavy atom. The van der Waals surface area contributed by atoms with Gasteiger partial charge in [-0.15, -0.1) is 94.9 Å². The molecule has 0 saturated heterocycles. The fourth-order valence-corrected chi connectivity index (χ4v) is 26.5. The van der Waals surface area contributed by atoms with Gasteiger partial charge in [0.1, 0.15) is 23.2 Å². The molecule has 0 spiro atoms. The first-order valence-corrected chi connectivity index (χ1v) is 52.3. The van der Waals surface area contributed by atoms with Crippen molar-refractivity contribution >= 4 is 133 Å². The molecule has 587 valence electrons. The number of fused-ring (bicyclic) bond motifs is 9.